The van der Waals surface area contributed by atoms with Gasteiger partial charge in [0.25, 0.3) is 0 Å². The van der Waals surface area contributed by atoms with Gasteiger partial charge in [0.15, 0.2) is 5.76 Å². The van der Waals surface area contributed by atoms with Crippen LogP contribution < -0.4 is 0 Å². The molecule has 96 valence electrons. The number of unbranched alkanes of at least 4 members (excludes halogenated alkanes) is 2. The van der Waals surface area contributed by atoms with Gasteiger partial charge in [-0.25, -0.2) is 4.79 Å². The van der Waals surface area contributed by atoms with Gasteiger partial charge in [-0.1, -0.05) is 38.8 Å². The van der Waals surface area contributed by atoms with Crippen molar-refractivity contribution in [3.8, 4) is 0 Å². The molecule has 4 nitrogen and oxygen atoms in total. The Kier molecular flexibility index (Phi) is 5.19. The van der Waals surface area contributed by atoms with E-state index in [1.54, 1.807) is 0 Å². The van der Waals surface area contributed by atoms with Crippen molar-refractivity contribution in [2.75, 3.05) is 0 Å². The molecule has 17 heavy (non-hydrogen) atoms. The number of hydrogen-bond donors (Lipinski definition) is 1. The Morgan fingerprint density at radius 1 is 1.41 bits per heavy atom. The van der Waals surface area contributed by atoms with E-state index < -0.39 is 5.97 Å². The first-order chi connectivity index (χ1) is 8.06. The highest BCUT2D eigenvalue weighted by Crippen LogP contribution is 2.20. The number of aryl methyl sites for hydroxylation is 1. The fourth-order valence-electron chi connectivity index (χ4n) is 1.83. The molecule has 1 rings (SSSR count). The van der Waals surface area contributed by atoms with Crippen LogP contribution in [-0.4, -0.2) is 16.2 Å². The summed E-state index contributed by atoms with van der Waals surface area (Å²) in [4.78, 5) is 11.2. The largest absolute Gasteiger partial charge is 0.477 e. The van der Waals surface area contributed by atoms with Gasteiger partial charge >= 0.3 is 5.97 Å². The van der Waals surface area contributed by atoms with E-state index in [9.17, 15) is 9.90 Å². The number of hydrogen-bond acceptors (Lipinski definition) is 3. The van der Waals surface area contributed by atoms with Crippen molar-refractivity contribution in [1.82, 2.24) is 5.16 Å². The standard InChI is InChI=1S/C13H21NO3/c1-4-5-6-7-10-12(13(15)16)11(17-14-10)8-9(2)3/h9H,4-8H2,1-3H3,(H,15,16). The Hall–Kier alpha value is -1.32. The zero-order valence-corrected chi connectivity index (χ0v) is 10.8. The maximum Gasteiger partial charge on any atom is 0.341 e. The second-order valence-electron chi connectivity index (χ2n) is 4.79. The quantitative estimate of drug-likeness (QED) is 0.741. The Morgan fingerprint density at radius 2 is 2.12 bits per heavy atom. The lowest BCUT2D eigenvalue weighted by molar-refractivity contribution is 0.0693. The van der Waals surface area contributed by atoms with E-state index in [1.807, 2.05) is 13.8 Å². The van der Waals surface area contributed by atoms with E-state index >= 15 is 0 Å². The van der Waals surface area contributed by atoms with Crippen LogP contribution in [0, 0.1) is 5.92 Å². The molecule has 0 aliphatic carbocycles. The lowest BCUT2D eigenvalue weighted by atomic mass is 10.0. The van der Waals surface area contributed by atoms with Crippen LogP contribution in [0.15, 0.2) is 4.52 Å². The highest BCUT2D eigenvalue weighted by Gasteiger charge is 2.22. The van der Waals surface area contributed by atoms with Gasteiger partial charge in [-0.3, -0.25) is 0 Å². The van der Waals surface area contributed by atoms with Crippen molar-refractivity contribution in [2.24, 2.45) is 5.92 Å². The average Bonchev–Trinajstić information content (AvgIpc) is 2.60. The Bertz CT molecular complexity index is 369. The van der Waals surface area contributed by atoms with E-state index in [-0.39, 0.29) is 5.56 Å². The molecule has 0 saturated heterocycles. The van der Waals surface area contributed by atoms with Gasteiger partial charge in [0.05, 0.1) is 5.69 Å². The van der Waals surface area contributed by atoms with E-state index in [4.69, 9.17) is 4.52 Å². The predicted octanol–water partition coefficient (Wildman–Crippen LogP) is 3.30. The van der Waals surface area contributed by atoms with E-state index in [1.165, 1.54) is 0 Å². The average molecular weight is 239 g/mol. The number of aromatic carboxylic acids is 1. The SMILES string of the molecule is CCCCCc1noc(CC(C)C)c1C(=O)O. The van der Waals surface area contributed by atoms with Crippen molar-refractivity contribution < 1.29 is 14.4 Å². The summed E-state index contributed by atoms with van der Waals surface area (Å²) in [6, 6.07) is 0. The summed E-state index contributed by atoms with van der Waals surface area (Å²) in [6.45, 7) is 6.18. The minimum absolute atomic E-state index is 0.287. The third kappa shape index (κ3) is 3.88. The first-order valence-electron chi connectivity index (χ1n) is 6.27. The Morgan fingerprint density at radius 3 is 2.65 bits per heavy atom. The molecule has 0 atom stereocenters. The van der Waals surface area contributed by atoms with Gasteiger partial charge < -0.3 is 9.63 Å². The predicted molar refractivity (Wildman–Crippen MR) is 65.2 cm³/mol. The summed E-state index contributed by atoms with van der Waals surface area (Å²) >= 11 is 0. The molecule has 1 aromatic rings. The molecule has 1 aromatic heterocycles. The smallest absolute Gasteiger partial charge is 0.341 e. The molecule has 0 amide bonds. The fourth-order valence-corrected chi connectivity index (χ4v) is 1.83. The number of carbonyl (C=O) groups is 1. The molecule has 0 aliphatic rings. The number of carboxylic acids is 1. The van der Waals surface area contributed by atoms with Crippen molar-refractivity contribution in [2.45, 2.75) is 52.9 Å². The van der Waals surface area contributed by atoms with Crippen LogP contribution in [0.5, 0.6) is 0 Å². The zero-order chi connectivity index (χ0) is 12.8. The van der Waals surface area contributed by atoms with E-state index in [0.29, 0.717) is 30.2 Å². The highest BCUT2D eigenvalue weighted by atomic mass is 16.5. The van der Waals surface area contributed by atoms with Gasteiger partial charge in [0.2, 0.25) is 0 Å². The normalized spacial score (nSPS) is 11.1. The topological polar surface area (TPSA) is 63.3 Å². The van der Waals surface area contributed by atoms with Crippen molar-refractivity contribution in [1.29, 1.82) is 0 Å². The summed E-state index contributed by atoms with van der Waals surface area (Å²) < 4.78 is 5.17. The van der Waals surface area contributed by atoms with Crippen LogP contribution in [0.4, 0.5) is 0 Å². The van der Waals surface area contributed by atoms with Gasteiger partial charge in [0.1, 0.15) is 5.56 Å². The Balaban J connectivity index is 2.82. The molecule has 0 spiro atoms. The highest BCUT2D eigenvalue weighted by molar-refractivity contribution is 5.89. The van der Waals surface area contributed by atoms with Crippen LogP contribution in [-0.2, 0) is 12.8 Å². The first kappa shape index (κ1) is 13.7. The van der Waals surface area contributed by atoms with Crippen LogP contribution in [0.25, 0.3) is 0 Å². The second-order valence-corrected chi connectivity index (χ2v) is 4.79. The van der Waals surface area contributed by atoms with Crippen molar-refractivity contribution in [3.63, 3.8) is 0 Å². The molecule has 0 aromatic carbocycles. The summed E-state index contributed by atoms with van der Waals surface area (Å²) in [6.07, 6.45) is 4.48. The summed E-state index contributed by atoms with van der Waals surface area (Å²) in [5.74, 6) is -0.0445. The van der Waals surface area contributed by atoms with Crippen LogP contribution in [0.3, 0.4) is 0 Å². The Labute approximate surface area is 102 Å². The van der Waals surface area contributed by atoms with Crippen molar-refractivity contribution >= 4 is 5.97 Å². The van der Waals surface area contributed by atoms with Gasteiger partial charge in [0, 0.05) is 6.42 Å². The van der Waals surface area contributed by atoms with Crippen molar-refractivity contribution in [3.05, 3.63) is 17.0 Å². The molecule has 0 radical (unpaired) electrons. The maximum atomic E-state index is 11.2. The fraction of sp³-hybridized carbons (Fsp3) is 0.692. The summed E-state index contributed by atoms with van der Waals surface area (Å²) in [5.41, 5.74) is 0.886. The van der Waals surface area contributed by atoms with Crippen LogP contribution in [0.2, 0.25) is 0 Å². The molecule has 0 unspecified atom stereocenters. The zero-order valence-electron chi connectivity index (χ0n) is 10.8. The lowest BCUT2D eigenvalue weighted by Gasteiger charge is -2.01. The summed E-state index contributed by atoms with van der Waals surface area (Å²) in [7, 11) is 0. The maximum absolute atomic E-state index is 11.2. The van der Waals surface area contributed by atoms with E-state index in [0.717, 1.165) is 19.3 Å². The minimum atomic E-state index is -0.923. The molecular weight excluding hydrogens is 218 g/mol. The molecule has 1 N–H and O–H groups in total. The van der Waals surface area contributed by atoms with Crippen LogP contribution >= 0.6 is 0 Å². The number of rotatable bonds is 7. The molecule has 4 heteroatoms. The first-order valence-corrected chi connectivity index (χ1v) is 6.27. The molecule has 1 heterocycles. The van der Waals surface area contributed by atoms with Crippen LogP contribution in [0.1, 0.15) is 61.8 Å². The third-order valence-electron chi connectivity index (χ3n) is 2.66. The summed E-state index contributed by atoms with van der Waals surface area (Å²) in [5, 5.41) is 13.1. The molecular formula is C13H21NO3. The number of nitrogens with zero attached hydrogens (tertiary/aromatic N) is 1. The molecule has 0 aliphatic heterocycles. The lowest BCUT2D eigenvalue weighted by Crippen LogP contribution is -2.05. The monoisotopic (exact) mass is 239 g/mol. The minimum Gasteiger partial charge on any atom is -0.477 e. The van der Waals surface area contributed by atoms with Gasteiger partial charge in [-0.05, 0) is 18.8 Å². The third-order valence-corrected chi connectivity index (χ3v) is 2.66. The van der Waals surface area contributed by atoms with Gasteiger partial charge in [-0.2, -0.15) is 0 Å². The molecule has 0 fully saturated rings. The number of carboxylic acid groups (broad SMARTS) is 1. The van der Waals surface area contributed by atoms with E-state index in [2.05, 4.69) is 12.1 Å². The number of aromatic nitrogens is 1. The van der Waals surface area contributed by atoms with Gasteiger partial charge in [-0.15, -0.1) is 0 Å². The molecule has 0 bridgehead atoms. The second kappa shape index (κ2) is 6.42. The molecule has 0 saturated carbocycles.